The lowest BCUT2D eigenvalue weighted by Crippen LogP contribution is -2.53. The van der Waals surface area contributed by atoms with Crippen LogP contribution in [0.15, 0.2) is 23.3 Å². The summed E-state index contributed by atoms with van der Waals surface area (Å²) in [5.74, 6) is -0.587. The highest BCUT2D eigenvalue weighted by atomic mass is 16.6. The third kappa shape index (κ3) is 6.93. The topological polar surface area (TPSA) is 84.2 Å². The van der Waals surface area contributed by atoms with Gasteiger partial charge in [-0.25, -0.2) is 0 Å². The summed E-state index contributed by atoms with van der Waals surface area (Å²) in [6.45, 7) is 22.7. The molecule has 5 atom stereocenters. The van der Waals surface area contributed by atoms with E-state index in [1.165, 1.54) is 6.92 Å². The number of rotatable bonds is 11. The first-order valence-electron chi connectivity index (χ1n) is 14.9. The number of fused-ring (bicyclic) bond motifs is 1. The zero-order valence-electron chi connectivity index (χ0n) is 26.5. The first-order valence-corrected chi connectivity index (χ1v) is 14.9. The van der Waals surface area contributed by atoms with Crippen LogP contribution in [0.2, 0.25) is 0 Å². The molecule has 0 radical (unpaired) electrons. The van der Waals surface area contributed by atoms with Crippen molar-refractivity contribution in [2.45, 2.75) is 133 Å². The van der Waals surface area contributed by atoms with E-state index in [-0.39, 0.29) is 51.2 Å². The normalized spacial score (nSPS) is 30.2. The zero-order chi connectivity index (χ0) is 30.0. The largest absolute Gasteiger partial charge is 0.460 e. The van der Waals surface area contributed by atoms with Crippen molar-refractivity contribution in [3.05, 3.63) is 23.3 Å². The standard InChI is InChI=1S/C34H53NO4/c1-12-14-30(5,6)16-18-32(9,39-25(4)37)19-17-31(7,8)34(11)15-13-27-24(3)29(38)26(22-35)21-33(27,10)28(34)20-23(2)36/h20-21,24,27H,12-19H2,1-11H3/b28-20-/t24-,27-,32-,33-,34+/m0/s1. The van der Waals surface area contributed by atoms with Gasteiger partial charge >= 0.3 is 5.97 Å². The number of nitrogens with zero attached hydrogens (tertiary/aromatic N) is 1. The van der Waals surface area contributed by atoms with Gasteiger partial charge in [-0.3, -0.25) is 14.4 Å². The summed E-state index contributed by atoms with van der Waals surface area (Å²) in [4.78, 5) is 37.7. The van der Waals surface area contributed by atoms with Crippen LogP contribution in [0.3, 0.4) is 0 Å². The van der Waals surface area contributed by atoms with Gasteiger partial charge in [0.15, 0.2) is 11.6 Å². The Balaban J connectivity index is 2.48. The van der Waals surface area contributed by atoms with Gasteiger partial charge in [-0.2, -0.15) is 5.26 Å². The second-order valence-electron chi connectivity index (χ2n) is 14.6. The van der Waals surface area contributed by atoms with Crippen molar-refractivity contribution in [1.29, 1.82) is 5.26 Å². The predicted octanol–water partition coefficient (Wildman–Crippen LogP) is 8.33. The summed E-state index contributed by atoms with van der Waals surface area (Å²) in [7, 11) is 0. The average Bonchev–Trinajstić information content (AvgIpc) is 2.81. The molecule has 0 aromatic carbocycles. The van der Waals surface area contributed by atoms with Gasteiger partial charge in [0.25, 0.3) is 0 Å². The summed E-state index contributed by atoms with van der Waals surface area (Å²) in [5, 5.41) is 9.76. The molecule has 39 heavy (non-hydrogen) atoms. The van der Waals surface area contributed by atoms with E-state index >= 15 is 0 Å². The molecule has 1 saturated carbocycles. The first kappa shape index (κ1) is 33.0. The Morgan fingerprint density at radius 3 is 2.18 bits per heavy atom. The van der Waals surface area contributed by atoms with Gasteiger partial charge in [-0.15, -0.1) is 0 Å². The van der Waals surface area contributed by atoms with Crippen LogP contribution in [-0.2, 0) is 19.1 Å². The van der Waals surface area contributed by atoms with Crippen LogP contribution in [0.1, 0.15) is 128 Å². The van der Waals surface area contributed by atoms with Crippen molar-refractivity contribution in [1.82, 2.24) is 0 Å². The van der Waals surface area contributed by atoms with Crippen molar-refractivity contribution in [2.24, 2.45) is 33.5 Å². The minimum absolute atomic E-state index is 0.0201. The molecule has 2 aliphatic carbocycles. The highest BCUT2D eigenvalue weighted by Gasteiger charge is 2.58. The number of allylic oxidation sites excluding steroid dienone is 4. The molecular formula is C34H53NO4. The SMILES string of the molecule is CCCC(C)(C)CC[C@@](C)(CCC(C)(C)[C@]1(C)CC[C@H]2[C@H](C)C(=O)C(C#N)=C[C@]2(C)/C1=C/C(C)=O)OC(C)=O. The Morgan fingerprint density at radius 2 is 1.67 bits per heavy atom. The van der Waals surface area contributed by atoms with Crippen LogP contribution in [0, 0.1) is 44.8 Å². The van der Waals surface area contributed by atoms with Gasteiger partial charge in [0.05, 0.1) is 5.57 Å². The van der Waals surface area contributed by atoms with Crippen LogP contribution >= 0.6 is 0 Å². The minimum atomic E-state index is -0.574. The maximum atomic E-state index is 12.9. The number of carbonyl (C=O) groups is 3. The molecule has 0 amide bonds. The number of hydrogen-bond acceptors (Lipinski definition) is 5. The van der Waals surface area contributed by atoms with Gasteiger partial charge in [0, 0.05) is 18.3 Å². The molecule has 0 saturated heterocycles. The second-order valence-corrected chi connectivity index (χ2v) is 14.6. The van der Waals surface area contributed by atoms with Crippen LogP contribution in [0.4, 0.5) is 0 Å². The van der Waals surface area contributed by atoms with Crippen LogP contribution < -0.4 is 0 Å². The Bertz CT molecular complexity index is 1070. The van der Waals surface area contributed by atoms with Crippen LogP contribution in [0.5, 0.6) is 0 Å². The molecule has 0 spiro atoms. The monoisotopic (exact) mass is 539 g/mol. The number of ketones is 2. The summed E-state index contributed by atoms with van der Waals surface area (Å²) in [6, 6.07) is 2.13. The highest BCUT2D eigenvalue weighted by molar-refractivity contribution is 6.02. The number of carbonyl (C=O) groups excluding carboxylic acids is 3. The Hall–Kier alpha value is -2.22. The van der Waals surface area contributed by atoms with Gasteiger partial charge < -0.3 is 4.74 Å². The highest BCUT2D eigenvalue weighted by Crippen LogP contribution is 2.65. The van der Waals surface area contributed by atoms with Gasteiger partial charge in [0.1, 0.15) is 11.7 Å². The van der Waals surface area contributed by atoms with E-state index in [0.717, 1.165) is 56.9 Å². The van der Waals surface area contributed by atoms with Crippen molar-refractivity contribution in [2.75, 3.05) is 0 Å². The van der Waals surface area contributed by atoms with Gasteiger partial charge in [-0.1, -0.05) is 73.5 Å². The molecule has 5 nitrogen and oxygen atoms in total. The Labute approximate surface area is 237 Å². The zero-order valence-corrected chi connectivity index (χ0v) is 26.5. The van der Waals surface area contributed by atoms with Gasteiger partial charge in [0.2, 0.25) is 0 Å². The number of nitriles is 1. The predicted molar refractivity (Wildman–Crippen MR) is 157 cm³/mol. The van der Waals surface area contributed by atoms with Crippen molar-refractivity contribution in [3.8, 4) is 6.07 Å². The van der Waals surface area contributed by atoms with Crippen LogP contribution in [0.25, 0.3) is 0 Å². The van der Waals surface area contributed by atoms with Crippen molar-refractivity contribution >= 4 is 17.5 Å². The molecule has 2 rings (SSSR count). The molecule has 0 N–H and O–H groups in total. The summed E-state index contributed by atoms with van der Waals surface area (Å²) >= 11 is 0. The second kappa shape index (κ2) is 11.7. The summed E-state index contributed by atoms with van der Waals surface area (Å²) in [5.41, 5.74) is -0.313. The maximum absolute atomic E-state index is 12.9. The number of hydrogen-bond donors (Lipinski definition) is 0. The fourth-order valence-electron chi connectivity index (χ4n) is 7.57. The minimum Gasteiger partial charge on any atom is -0.460 e. The number of ether oxygens (including phenoxy) is 1. The number of esters is 1. The molecule has 0 bridgehead atoms. The number of Topliss-reactive ketones (excluding diaryl/α,β-unsaturated/α-hetero) is 1. The Morgan fingerprint density at radius 1 is 1.08 bits per heavy atom. The molecule has 0 aliphatic heterocycles. The van der Waals surface area contributed by atoms with E-state index < -0.39 is 11.0 Å². The fraction of sp³-hybridized carbons (Fsp3) is 0.765. The summed E-state index contributed by atoms with van der Waals surface area (Å²) in [6.07, 6.45) is 10.9. The third-order valence-electron chi connectivity index (χ3n) is 10.5. The lowest BCUT2D eigenvalue weighted by molar-refractivity contribution is -0.158. The Kier molecular flexibility index (Phi) is 9.91. The van der Waals surface area contributed by atoms with Gasteiger partial charge in [-0.05, 0) is 87.0 Å². The van der Waals surface area contributed by atoms with Crippen molar-refractivity contribution < 1.29 is 19.1 Å². The lowest BCUT2D eigenvalue weighted by Gasteiger charge is -2.59. The fourth-order valence-corrected chi connectivity index (χ4v) is 7.57. The molecule has 218 valence electrons. The third-order valence-corrected chi connectivity index (χ3v) is 10.5. The molecular weight excluding hydrogens is 486 g/mol. The van der Waals surface area contributed by atoms with E-state index in [2.05, 4.69) is 61.5 Å². The van der Waals surface area contributed by atoms with E-state index in [0.29, 0.717) is 0 Å². The molecule has 0 heterocycles. The van der Waals surface area contributed by atoms with E-state index in [1.54, 1.807) is 13.0 Å². The quantitative estimate of drug-likeness (QED) is 0.195. The average molecular weight is 540 g/mol. The molecule has 0 aromatic heterocycles. The van der Waals surface area contributed by atoms with E-state index in [4.69, 9.17) is 4.74 Å². The van der Waals surface area contributed by atoms with Crippen LogP contribution in [-0.4, -0.2) is 23.1 Å². The first-order chi connectivity index (χ1) is 17.8. The maximum Gasteiger partial charge on any atom is 0.303 e. The van der Waals surface area contributed by atoms with E-state index in [9.17, 15) is 19.6 Å². The molecule has 0 unspecified atom stereocenters. The lowest BCUT2D eigenvalue weighted by atomic mass is 9.44. The molecule has 1 fully saturated rings. The smallest absolute Gasteiger partial charge is 0.303 e. The molecule has 0 aromatic rings. The van der Waals surface area contributed by atoms with E-state index in [1.807, 2.05) is 13.0 Å². The molecule has 5 heteroatoms. The molecule has 2 aliphatic rings. The van der Waals surface area contributed by atoms with Crippen molar-refractivity contribution in [3.63, 3.8) is 0 Å². The summed E-state index contributed by atoms with van der Waals surface area (Å²) < 4.78 is 5.99.